The van der Waals surface area contributed by atoms with E-state index in [0.29, 0.717) is 6.04 Å². The minimum absolute atomic E-state index is 0.208. The van der Waals surface area contributed by atoms with E-state index in [4.69, 9.17) is 5.11 Å². The summed E-state index contributed by atoms with van der Waals surface area (Å²) in [5.41, 5.74) is 0.965. The van der Waals surface area contributed by atoms with Gasteiger partial charge >= 0.3 is 0 Å². The number of anilines is 1. The summed E-state index contributed by atoms with van der Waals surface area (Å²) in [6.45, 7) is 4.60. The number of hydrogen-bond donors (Lipinski definition) is 2. The Bertz CT molecular complexity index is 337. The molecule has 1 aromatic rings. The Kier molecular flexibility index (Phi) is 4.28. The molecule has 0 amide bonds. The van der Waals surface area contributed by atoms with E-state index in [-0.39, 0.29) is 6.61 Å². The fourth-order valence-corrected chi connectivity index (χ4v) is 1.88. The molecule has 0 bridgehead atoms. The number of aliphatic hydroxyl groups is 1. The van der Waals surface area contributed by atoms with E-state index in [2.05, 4.69) is 20.2 Å². The molecule has 0 unspecified atom stereocenters. The minimum atomic E-state index is 0.208. The Morgan fingerprint density at radius 1 is 1.41 bits per heavy atom. The first-order valence-electron chi connectivity index (χ1n) is 6.23. The molecule has 0 aromatic carbocycles. The van der Waals surface area contributed by atoms with Gasteiger partial charge < -0.3 is 10.4 Å². The minimum Gasteiger partial charge on any atom is -0.395 e. The lowest BCUT2D eigenvalue weighted by Crippen LogP contribution is -2.29. The molecule has 1 aliphatic rings. The van der Waals surface area contributed by atoms with Gasteiger partial charge in [-0.15, -0.1) is 0 Å². The third-order valence-corrected chi connectivity index (χ3v) is 2.88. The quantitative estimate of drug-likeness (QED) is 0.735. The Hall–Kier alpha value is -1.20. The molecular weight excluding hydrogens is 216 g/mol. The number of hydrogen-bond acceptors (Lipinski definition) is 5. The predicted octanol–water partition coefficient (Wildman–Crippen LogP) is 0.865. The second-order valence-corrected chi connectivity index (χ2v) is 4.35. The molecule has 1 saturated carbocycles. The van der Waals surface area contributed by atoms with Gasteiger partial charge in [-0.3, -0.25) is 9.88 Å². The molecule has 1 aromatic heterocycles. The van der Waals surface area contributed by atoms with Crippen LogP contribution >= 0.6 is 0 Å². The van der Waals surface area contributed by atoms with Crippen LogP contribution in [0.5, 0.6) is 0 Å². The maximum absolute atomic E-state index is 9.02. The van der Waals surface area contributed by atoms with Crippen molar-refractivity contribution in [3.63, 3.8) is 0 Å². The zero-order chi connectivity index (χ0) is 12.1. The lowest BCUT2D eigenvalue weighted by atomic mass is 10.3. The van der Waals surface area contributed by atoms with Crippen LogP contribution in [0.25, 0.3) is 0 Å². The molecule has 1 fully saturated rings. The second kappa shape index (κ2) is 5.93. The van der Waals surface area contributed by atoms with Crippen molar-refractivity contribution in [1.29, 1.82) is 0 Å². The first-order chi connectivity index (χ1) is 8.33. The van der Waals surface area contributed by atoms with Crippen LogP contribution in [0.1, 0.15) is 25.5 Å². The zero-order valence-electron chi connectivity index (χ0n) is 10.3. The number of nitrogens with one attached hydrogen (secondary N) is 1. The molecule has 2 rings (SSSR count). The summed E-state index contributed by atoms with van der Waals surface area (Å²) in [6.07, 6.45) is 6.05. The molecule has 5 heteroatoms. The number of rotatable bonds is 7. The molecule has 94 valence electrons. The largest absolute Gasteiger partial charge is 0.395 e. The molecule has 0 spiro atoms. The summed E-state index contributed by atoms with van der Waals surface area (Å²) in [6, 6.07) is 0.636. The molecule has 0 aliphatic heterocycles. The summed E-state index contributed by atoms with van der Waals surface area (Å²) in [7, 11) is 0. The highest BCUT2D eigenvalue weighted by molar-refractivity contribution is 5.30. The zero-order valence-corrected chi connectivity index (χ0v) is 10.3. The van der Waals surface area contributed by atoms with Gasteiger partial charge in [0.2, 0.25) is 0 Å². The third kappa shape index (κ3) is 3.64. The van der Waals surface area contributed by atoms with Crippen LogP contribution in [-0.4, -0.2) is 45.7 Å². The van der Waals surface area contributed by atoms with Gasteiger partial charge in [-0.05, 0) is 19.8 Å². The fraction of sp³-hybridized carbons (Fsp3) is 0.667. The van der Waals surface area contributed by atoms with Gasteiger partial charge in [0.05, 0.1) is 24.7 Å². The SMILES string of the molecule is CCNc1cnc(CN(CCO)C2CC2)cn1. The Balaban J connectivity index is 1.92. The molecule has 5 nitrogen and oxygen atoms in total. The lowest BCUT2D eigenvalue weighted by Gasteiger charge is -2.19. The molecule has 0 atom stereocenters. The highest BCUT2D eigenvalue weighted by Crippen LogP contribution is 2.27. The fourth-order valence-electron chi connectivity index (χ4n) is 1.88. The summed E-state index contributed by atoms with van der Waals surface area (Å²) in [4.78, 5) is 11.0. The van der Waals surface area contributed by atoms with Crippen molar-refractivity contribution in [2.24, 2.45) is 0 Å². The van der Waals surface area contributed by atoms with Gasteiger partial charge in [0.15, 0.2) is 0 Å². The van der Waals surface area contributed by atoms with Crippen molar-refractivity contribution < 1.29 is 5.11 Å². The molecule has 1 heterocycles. The summed E-state index contributed by atoms with van der Waals surface area (Å²) in [5.74, 6) is 0.816. The van der Waals surface area contributed by atoms with Crippen LogP contribution in [0.15, 0.2) is 12.4 Å². The van der Waals surface area contributed by atoms with Crippen LogP contribution in [0.4, 0.5) is 5.82 Å². The smallest absolute Gasteiger partial charge is 0.144 e. The van der Waals surface area contributed by atoms with Crippen LogP contribution in [-0.2, 0) is 6.54 Å². The van der Waals surface area contributed by atoms with E-state index in [0.717, 1.165) is 31.1 Å². The van der Waals surface area contributed by atoms with E-state index >= 15 is 0 Å². The van der Waals surface area contributed by atoms with Gasteiger partial charge in [-0.2, -0.15) is 0 Å². The normalized spacial score (nSPS) is 15.2. The average Bonchev–Trinajstić information content (AvgIpc) is 3.15. The summed E-state index contributed by atoms with van der Waals surface area (Å²) in [5, 5.41) is 12.1. The van der Waals surface area contributed by atoms with Crippen molar-refractivity contribution in [3.05, 3.63) is 18.1 Å². The first kappa shape index (κ1) is 12.3. The van der Waals surface area contributed by atoms with E-state index < -0.39 is 0 Å². The van der Waals surface area contributed by atoms with Crippen LogP contribution in [0.2, 0.25) is 0 Å². The highest BCUT2D eigenvalue weighted by atomic mass is 16.3. The van der Waals surface area contributed by atoms with Crippen molar-refractivity contribution in [2.75, 3.05) is 25.0 Å². The van der Waals surface area contributed by atoms with Crippen LogP contribution < -0.4 is 5.32 Å². The molecule has 0 radical (unpaired) electrons. The van der Waals surface area contributed by atoms with Gasteiger partial charge in [0.1, 0.15) is 5.82 Å². The van der Waals surface area contributed by atoms with Crippen molar-refractivity contribution in [1.82, 2.24) is 14.9 Å². The van der Waals surface area contributed by atoms with Gasteiger partial charge in [-0.25, -0.2) is 4.98 Å². The van der Waals surface area contributed by atoms with Gasteiger partial charge in [-0.1, -0.05) is 0 Å². The van der Waals surface area contributed by atoms with Crippen LogP contribution in [0, 0.1) is 0 Å². The van der Waals surface area contributed by atoms with E-state index in [1.165, 1.54) is 12.8 Å². The third-order valence-electron chi connectivity index (χ3n) is 2.88. The maximum atomic E-state index is 9.02. The molecule has 2 N–H and O–H groups in total. The molecule has 17 heavy (non-hydrogen) atoms. The topological polar surface area (TPSA) is 61.3 Å². The standard InChI is InChI=1S/C12H20N4O/c1-2-13-12-8-14-10(7-15-12)9-16(5-6-17)11-3-4-11/h7-8,11,17H,2-6,9H2,1H3,(H,13,15). The highest BCUT2D eigenvalue weighted by Gasteiger charge is 2.28. The van der Waals surface area contributed by atoms with Gasteiger partial charge in [0, 0.05) is 25.7 Å². The van der Waals surface area contributed by atoms with Crippen LogP contribution in [0.3, 0.4) is 0 Å². The average molecular weight is 236 g/mol. The first-order valence-corrected chi connectivity index (χ1v) is 6.23. The predicted molar refractivity (Wildman–Crippen MR) is 66.7 cm³/mol. The monoisotopic (exact) mass is 236 g/mol. The van der Waals surface area contributed by atoms with E-state index in [1.807, 2.05) is 13.1 Å². The molecule has 0 saturated heterocycles. The van der Waals surface area contributed by atoms with Crippen molar-refractivity contribution in [2.45, 2.75) is 32.4 Å². The number of aromatic nitrogens is 2. The Labute approximate surface area is 102 Å². The molecular formula is C12H20N4O. The summed E-state index contributed by atoms with van der Waals surface area (Å²) < 4.78 is 0. The number of aliphatic hydroxyl groups excluding tert-OH is 1. The second-order valence-electron chi connectivity index (χ2n) is 4.35. The Morgan fingerprint density at radius 3 is 2.76 bits per heavy atom. The maximum Gasteiger partial charge on any atom is 0.144 e. The summed E-state index contributed by atoms with van der Waals surface area (Å²) >= 11 is 0. The number of nitrogens with zero attached hydrogens (tertiary/aromatic N) is 3. The van der Waals surface area contributed by atoms with E-state index in [9.17, 15) is 0 Å². The Morgan fingerprint density at radius 2 is 2.24 bits per heavy atom. The lowest BCUT2D eigenvalue weighted by molar-refractivity contribution is 0.182. The van der Waals surface area contributed by atoms with Gasteiger partial charge in [0.25, 0.3) is 0 Å². The van der Waals surface area contributed by atoms with E-state index in [1.54, 1.807) is 6.20 Å². The molecule has 1 aliphatic carbocycles. The van der Waals surface area contributed by atoms with Crippen molar-refractivity contribution >= 4 is 5.82 Å². The van der Waals surface area contributed by atoms with Crippen molar-refractivity contribution in [3.8, 4) is 0 Å².